The summed E-state index contributed by atoms with van der Waals surface area (Å²) in [6, 6.07) is 17.4. The van der Waals surface area contributed by atoms with Gasteiger partial charge in [0.25, 0.3) is 0 Å². The summed E-state index contributed by atoms with van der Waals surface area (Å²) in [7, 11) is 0. The van der Waals surface area contributed by atoms with Gasteiger partial charge in [0.15, 0.2) is 0 Å². The second-order valence-corrected chi connectivity index (χ2v) is 11.5. The molecular formula is C39H32. The van der Waals surface area contributed by atoms with E-state index in [2.05, 4.69) is 150 Å². The van der Waals surface area contributed by atoms with Gasteiger partial charge in [-0.2, -0.15) is 0 Å². The van der Waals surface area contributed by atoms with Crippen LogP contribution in [0.2, 0.25) is 0 Å². The van der Waals surface area contributed by atoms with Gasteiger partial charge in [-0.05, 0) is 71.4 Å². The number of benzene rings is 2. The topological polar surface area (TPSA) is 0 Å². The highest BCUT2D eigenvalue weighted by molar-refractivity contribution is 5.92. The van der Waals surface area contributed by atoms with E-state index in [1.165, 1.54) is 80.7 Å². The summed E-state index contributed by atoms with van der Waals surface area (Å²) in [5.41, 5.74) is 7.56. The van der Waals surface area contributed by atoms with Gasteiger partial charge in [-0.25, -0.2) is 0 Å². The molecule has 0 heterocycles. The van der Waals surface area contributed by atoms with Crippen molar-refractivity contribution >= 4 is 11.1 Å². The molecule has 2 fully saturated rings. The summed E-state index contributed by atoms with van der Waals surface area (Å²) in [5, 5.41) is 0. The molecule has 2 aromatic carbocycles. The fraction of sp³-hybridized carbons (Fsp3) is 0.128. The van der Waals surface area contributed by atoms with Crippen LogP contribution in [0.15, 0.2) is 109 Å². The van der Waals surface area contributed by atoms with Crippen LogP contribution in [-0.4, -0.2) is 0 Å². The van der Waals surface area contributed by atoms with Crippen LogP contribution in [0.3, 0.4) is 0 Å². The molecule has 0 atom stereocenters. The Bertz CT molecular complexity index is 1370. The molecule has 0 bridgehead atoms. The fourth-order valence-electron chi connectivity index (χ4n) is 6.75. The normalized spacial score (nSPS) is 23.3. The average molecular weight is 501 g/mol. The van der Waals surface area contributed by atoms with E-state index in [1.807, 2.05) is 0 Å². The lowest BCUT2D eigenvalue weighted by molar-refractivity contribution is 0.431. The Balaban J connectivity index is 1.34. The largest absolute Gasteiger partial charge is 0.0762 e. The minimum Gasteiger partial charge on any atom is -0.0762 e. The van der Waals surface area contributed by atoms with Gasteiger partial charge in [-0.3, -0.25) is 0 Å². The Kier molecular flexibility index (Phi) is 6.07. The maximum absolute atomic E-state index is 2.44. The first-order valence-corrected chi connectivity index (χ1v) is 13.9. The summed E-state index contributed by atoms with van der Waals surface area (Å²) in [5.74, 6) is 10.8. The highest BCUT2D eigenvalue weighted by Crippen LogP contribution is 2.68. The van der Waals surface area contributed by atoms with Crippen molar-refractivity contribution in [1.82, 2.24) is 0 Å². The smallest absolute Gasteiger partial charge is 0.0209 e. The van der Waals surface area contributed by atoms with Crippen molar-refractivity contribution in [3.63, 3.8) is 0 Å². The Morgan fingerprint density at radius 3 is 1.62 bits per heavy atom. The first-order chi connectivity index (χ1) is 18.9. The third kappa shape index (κ3) is 4.02. The first kappa shape index (κ1) is 24.9. The van der Waals surface area contributed by atoms with E-state index >= 15 is 0 Å². The maximum Gasteiger partial charge on any atom is 0.0209 e. The Morgan fingerprint density at radius 1 is 0.513 bits per heavy atom. The zero-order chi connectivity index (χ0) is 26.7. The molecule has 2 aromatic rings. The maximum atomic E-state index is 2.44. The van der Waals surface area contributed by atoms with Crippen molar-refractivity contribution in [2.45, 2.75) is 27.7 Å². The number of fused-ring (bicyclic) bond motifs is 4. The predicted octanol–water partition coefficient (Wildman–Crippen LogP) is 9.09. The van der Waals surface area contributed by atoms with Gasteiger partial charge < -0.3 is 0 Å². The molecule has 0 nitrogen and oxygen atoms in total. The van der Waals surface area contributed by atoms with E-state index in [0.29, 0.717) is 0 Å². The van der Waals surface area contributed by atoms with Gasteiger partial charge in [0.05, 0.1) is 0 Å². The lowest BCUT2D eigenvalue weighted by Gasteiger charge is -2.44. The van der Waals surface area contributed by atoms with Crippen molar-refractivity contribution in [2.75, 3.05) is 0 Å². The highest BCUT2D eigenvalue weighted by Gasteiger charge is 2.59. The van der Waals surface area contributed by atoms with Crippen LogP contribution >= 0.6 is 0 Å². The molecule has 0 unspecified atom stereocenters. The molecule has 0 saturated heterocycles. The predicted molar refractivity (Wildman–Crippen MR) is 163 cm³/mol. The van der Waals surface area contributed by atoms with Gasteiger partial charge in [0, 0.05) is 41.4 Å². The van der Waals surface area contributed by atoms with Gasteiger partial charge in [0.1, 0.15) is 0 Å². The lowest BCUT2D eigenvalue weighted by atomic mass is 9.58. The molecular weight excluding hydrogens is 468 g/mol. The minimum absolute atomic E-state index is 0.197. The number of hydrogen-bond acceptors (Lipinski definition) is 0. The Morgan fingerprint density at radius 2 is 1.05 bits per heavy atom. The van der Waals surface area contributed by atoms with E-state index in [4.69, 9.17) is 0 Å². The van der Waals surface area contributed by atoms with E-state index in [9.17, 15) is 0 Å². The van der Waals surface area contributed by atoms with Crippen LogP contribution < -0.4 is 0 Å². The zero-order valence-corrected chi connectivity index (χ0v) is 23.0. The van der Waals surface area contributed by atoms with Crippen LogP contribution in [0.5, 0.6) is 0 Å². The first-order valence-electron chi connectivity index (χ1n) is 13.9. The molecule has 188 valence electrons. The molecule has 0 heteroatoms. The van der Waals surface area contributed by atoms with Gasteiger partial charge in [-0.1, -0.05) is 123 Å². The molecule has 5 aliphatic rings. The van der Waals surface area contributed by atoms with Crippen LogP contribution in [0.1, 0.15) is 36.1 Å². The number of aryl methyl sites for hydroxylation is 2. The molecule has 39 heavy (non-hydrogen) atoms. The Labute approximate surface area is 235 Å². The lowest BCUT2D eigenvalue weighted by Crippen LogP contribution is -2.36. The summed E-state index contributed by atoms with van der Waals surface area (Å²) in [6.45, 7) is 9.22. The van der Waals surface area contributed by atoms with Crippen molar-refractivity contribution in [2.24, 2.45) is 5.41 Å². The highest BCUT2D eigenvalue weighted by atomic mass is 14.6. The fourth-order valence-corrected chi connectivity index (χ4v) is 6.75. The van der Waals surface area contributed by atoms with Gasteiger partial charge in [-0.15, -0.1) is 0 Å². The van der Waals surface area contributed by atoms with Crippen LogP contribution in [0.25, 0.3) is 11.1 Å². The van der Waals surface area contributed by atoms with Crippen molar-refractivity contribution in [3.05, 3.63) is 192 Å². The Hall–Kier alpha value is -3.12. The monoisotopic (exact) mass is 500 g/mol. The van der Waals surface area contributed by atoms with Crippen molar-refractivity contribution < 1.29 is 0 Å². The van der Waals surface area contributed by atoms with Crippen molar-refractivity contribution in [1.29, 1.82) is 0 Å². The molecule has 0 spiro atoms. The average Bonchev–Trinajstić information content (AvgIpc) is 3.53. The van der Waals surface area contributed by atoms with Gasteiger partial charge in [0.2, 0.25) is 0 Å². The molecule has 0 aliphatic heterocycles. The molecule has 5 aliphatic carbocycles. The van der Waals surface area contributed by atoms with Crippen LogP contribution in [-0.2, 0) is 0 Å². The number of hydrogen-bond donors (Lipinski definition) is 0. The van der Waals surface area contributed by atoms with E-state index in [-0.39, 0.29) is 5.41 Å². The standard InChI is InChI=1S/C39H32/c1-25-11-5-8-14-30(25)28-17-20-33-34-21-18-29(31-15-9-6-12-26(31)2)24-36(34)38(35(33)23-28)39(3,4)37-22-19-27-13-7-10-16-32(27)37/h5-24H,1-4H3. The second-order valence-electron chi connectivity index (χ2n) is 11.5. The van der Waals surface area contributed by atoms with E-state index < -0.39 is 0 Å². The summed E-state index contributed by atoms with van der Waals surface area (Å²) in [4.78, 5) is 0. The molecule has 0 aromatic heterocycles. The van der Waals surface area contributed by atoms with Crippen molar-refractivity contribution in [3.8, 4) is 0 Å². The zero-order valence-electron chi connectivity index (χ0n) is 23.0. The third-order valence-electron chi connectivity index (χ3n) is 8.76. The quantitative estimate of drug-likeness (QED) is 0.393. The summed E-state index contributed by atoms with van der Waals surface area (Å²) in [6.07, 6.45) is 27.6. The third-order valence-corrected chi connectivity index (χ3v) is 8.76. The van der Waals surface area contributed by atoms with E-state index in [0.717, 1.165) is 0 Å². The molecule has 0 N–H and O–H groups in total. The molecule has 2 saturated carbocycles. The van der Waals surface area contributed by atoms with Crippen LogP contribution in [0, 0.1) is 79.4 Å². The second kappa shape index (κ2) is 9.51. The molecule has 7 rings (SSSR count). The van der Waals surface area contributed by atoms with E-state index in [1.54, 1.807) is 0 Å². The summed E-state index contributed by atoms with van der Waals surface area (Å²) >= 11 is 0. The van der Waals surface area contributed by atoms with Crippen LogP contribution in [0.4, 0.5) is 0 Å². The number of rotatable bonds is 4. The molecule has 0 amide bonds. The molecule has 10 radical (unpaired) electrons. The summed E-state index contributed by atoms with van der Waals surface area (Å²) < 4.78 is 0. The minimum atomic E-state index is -0.197. The van der Waals surface area contributed by atoms with Gasteiger partial charge >= 0.3 is 0 Å². The number of allylic oxidation sites excluding steroid dienone is 12. The SMILES string of the molecule is Cc1ccccc1C1=C[C]2[C](C=C1)[C]1C=CC(c3ccccc3C)=C[C]1[C]2C(C)(C)[C]1[CH][CH][C]2C=CC=C[C]21.